The second kappa shape index (κ2) is 12.7. The molecule has 8 nitrogen and oxygen atoms in total. The van der Waals surface area contributed by atoms with Crippen molar-refractivity contribution in [2.75, 3.05) is 72.2 Å². The van der Waals surface area contributed by atoms with E-state index in [-0.39, 0.29) is 24.5 Å². The van der Waals surface area contributed by atoms with Crippen molar-refractivity contribution in [3.8, 4) is 5.75 Å². The Kier molecular flexibility index (Phi) is 9.11. The van der Waals surface area contributed by atoms with Crippen molar-refractivity contribution in [3.05, 3.63) is 65.7 Å². The molecule has 2 aromatic rings. The Morgan fingerprint density at radius 2 is 1.74 bits per heavy atom. The van der Waals surface area contributed by atoms with Crippen molar-refractivity contribution in [3.63, 3.8) is 0 Å². The first-order chi connectivity index (χ1) is 17.1. The SMILES string of the molecule is Cc1ccc(C(=O)N(CCN2CCOCC2)CC2CN(C(=O)COc3ccccc3)CCO2)cc1. The van der Waals surface area contributed by atoms with E-state index in [9.17, 15) is 9.59 Å². The molecule has 2 heterocycles. The lowest BCUT2D eigenvalue weighted by Crippen LogP contribution is -2.52. The lowest BCUT2D eigenvalue weighted by Gasteiger charge is -2.36. The molecule has 0 radical (unpaired) electrons. The number of rotatable bonds is 9. The highest BCUT2D eigenvalue weighted by atomic mass is 16.5. The Morgan fingerprint density at radius 1 is 1.00 bits per heavy atom. The number of hydrogen-bond donors (Lipinski definition) is 0. The summed E-state index contributed by atoms with van der Waals surface area (Å²) in [7, 11) is 0. The Hall–Kier alpha value is -2.94. The van der Waals surface area contributed by atoms with Gasteiger partial charge in [-0.3, -0.25) is 14.5 Å². The summed E-state index contributed by atoms with van der Waals surface area (Å²) in [5, 5.41) is 0. The van der Waals surface area contributed by atoms with Crippen LogP contribution in [0.2, 0.25) is 0 Å². The standard InChI is InChI=1S/C27H35N3O5/c1-22-7-9-23(10-8-22)27(32)30(12-11-28-13-16-33-17-14-28)20-25-19-29(15-18-34-25)26(31)21-35-24-5-3-2-4-6-24/h2-10,25H,11-21H2,1H3. The van der Waals surface area contributed by atoms with Crippen LogP contribution in [-0.4, -0.2) is 105 Å². The van der Waals surface area contributed by atoms with Gasteiger partial charge < -0.3 is 24.0 Å². The van der Waals surface area contributed by atoms with Crippen molar-refractivity contribution in [1.82, 2.24) is 14.7 Å². The van der Waals surface area contributed by atoms with E-state index in [1.165, 1.54) is 0 Å². The average Bonchev–Trinajstić information content (AvgIpc) is 2.91. The Balaban J connectivity index is 1.36. The Bertz CT molecular complexity index is 947. The van der Waals surface area contributed by atoms with Crippen molar-refractivity contribution in [2.24, 2.45) is 0 Å². The van der Waals surface area contributed by atoms with Crippen molar-refractivity contribution in [2.45, 2.75) is 13.0 Å². The van der Waals surface area contributed by atoms with E-state index in [2.05, 4.69) is 4.90 Å². The molecule has 1 atom stereocenters. The quantitative estimate of drug-likeness (QED) is 0.546. The highest BCUT2D eigenvalue weighted by Crippen LogP contribution is 2.14. The second-order valence-corrected chi connectivity index (χ2v) is 9.01. The fraction of sp³-hybridized carbons (Fsp3) is 0.481. The molecule has 188 valence electrons. The summed E-state index contributed by atoms with van der Waals surface area (Å²) in [6, 6.07) is 17.0. The summed E-state index contributed by atoms with van der Waals surface area (Å²) in [5.74, 6) is 0.577. The maximum Gasteiger partial charge on any atom is 0.260 e. The molecule has 0 bridgehead atoms. The van der Waals surface area contributed by atoms with Gasteiger partial charge in [-0.15, -0.1) is 0 Å². The molecule has 35 heavy (non-hydrogen) atoms. The molecular weight excluding hydrogens is 446 g/mol. The summed E-state index contributed by atoms with van der Waals surface area (Å²) < 4.78 is 17.1. The zero-order valence-corrected chi connectivity index (χ0v) is 20.4. The van der Waals surface area contributed by atoms with Crippen LogP contribution in [0.4, 0.5) is 0 Å². The molecule has 2 aromatic carbocycles. The van der Waals surface area contributed by atoms with Crippen molar-refractivity contribution < 1.29 is 23.8 Å². The Morgan fingerprint density at radius 3 is 2.49 bits per heavy atom. The first-order valence-electron chi connectivity index (χ1n) is 12.3. The van der Waals surface area contributed by atoms with Gasteiger partial charge in [0.15, 0.2) is 6.61 Å². The van der Waals surface area contributed by atoms with Gasteiger partial charge in [0.05, 0.1) is 25.9 Å². The minimum absolute atomic E-state index is 0.0141. The predicted molar refractivity (Wildman–Crippen MR) is 133 cm³/mol. The number of nitrogens with zero attached hydrogens (tertiary/aromatic N) is 3. The predicted octanol–water partition coefficient (Wildman–Crippen LogP) is 2.08. The lowest BCUT2D eigenvalue weighted by atomic mass is 10.1. The van der Waals surface area contributed by atoms with E-state index in [0.717, 1.165) is 38.4 Å². The fourth-order valence-electron chi connectivity index (χ4n) is 4.30. The highest BCUT2D eigenvalue weighted by Gasteiger charge is 2.28. The van der Waals surface area contributed by atoms with Crippen molar-refractivity contribution >= 4 is 11.8 Å². The van der Waals surface area contributed by atoms with Gasteiger partial charge in [-0.25, -0.2) is 0 Å². The minimum Gasteiger partial charge on any atom is -0.484 e. The van der Waals surface area contributed by atoms with E-state index in [1.54, 1.807) is 4.90 Å². The highest BCUT2D eigenvalue weighted by molar-refractivity contribution is 5.94. The zero-order valence-electron chi connectivity index (χ0n) is 20.4. The number of amides is 2. The number of para-hydroxylation sites is 1. The zero-order chi connectivity index (χ0) is 24.5. The molecule has 0 spiro atoms. The third kappa shape index (κ3) is 7.52. The summed E-state index contributed by atoms with van der Waals surface area (Å²) in [6.45, 7) is 8.38. The molecule has 0 aromatic heterocycles. The third-order valence-corrected chi connectivity index (χ3v) is 6.40. The molecule has 1 unspecified atom stereocenters. The topological polar surface area (TPSA) is 71.6 Å². The number of carbonyl (C=O) groups is 2. The van der Waals surface area contributed by atoms with Crippen LogP contribution in [0.15, 0.2) is 54.6 Å². The summed E-state index contributed by atoms with van der Waals surface area (Å²) in [6.07, 6.45) is -0.247. The third-order valence-electron chi connectivity index (χ3n) is 6.40. The minimum atomic E-state index is -0.247. The second-order valence-electron chi connectivity index (χ2n) is 9.01. The number of morpholine rings is 2. The summed E-state index contributed by atoms with van der Waals surface area (Å²) >= 11 is 0. The van der Waals surface area contributed by atoms with E-state index >= 15 is 0 Å². The van der Waals surface area contributed by atoms with Crippen molar-refractivity contribution in [1.29, 1.82) is 0 Å². The first-order valence-corrected chi connectivity index (χ1v) is 12.3. The van der Waals surface area contributed by atoms with Crippen LogP contribution in [0.3, 0.4) is 0 Å². The van der Waals surface area contributed by atoms with Gasteiger partial charge in [0.2, 0.25) is 0 Å². The number of hydrogen-bond acceptors (Lipinski definition) is 6. The van der Waals surface area contributed by atoms with Crippen LogP contribution in [0, 0.1) is 6.92 Å². The van der Waals surface area contributed by atoms with Gasteiger partial charge in [0.1, 0.15) is 5.75 Å². The van der Waals surface area contributed by atoms with Gasteiger partial charge >= 0.3 is 0 Å². The average molecular weight is 482 g/mol. The molecule has 2 fully saturated rings. The van der Waals surface area contributed by atoms with E-state index < -0.39 is 0 Å². The van der Waals surface area contributed by atoms with Crippen LogP contribution in [-0.2, 0) is 14.3 Å². The monoisotopic (exact) mass is 481 g/mol. The lowest BCUT2D eigenvalue weighted by molar-refractivity contribution is -0.141. The normalized spacial score (nSPS) is 18.8. The summed E-state index contributed by atoms with van der Waals surface area (Å²) in [4.78, 5) is 32.1. The van der Waals surface area contributed by atoms with E-state index in [1.807, 2.05) is 66.4 Å². The van der Waals surface area contributed by atoms with Gasteiger partial charge in [0, 0.05) is 51.4 Å². The molecule has 4 rings (SSSR count). The maximum absolute atomic E-state index is 13.4. The molecule has 2 aliphatic rings. The van der Waals surface area contributed by atoms with Crippen LogP contribution in [0.25, 0.3) is 0 Å². The molecule has 2 saturated heterocycles. The van der Waals surface area contributed by atoms with Gasteiger partial charge in [-0.2, -0.15) is 0 Å². The molecule has 2 amide bonds. The van der Waals surface area contributed by atoms with Crippen LogP contribution in [0.1, 0.15) is 15.9 Å². The molecule has 0 saturated carbocycles. The van der Waals surface area contributed by atoms with Crippen LogP contribution in [0.5, 0.6) is 5.75 Å². The number of benzene rings is 2. The van der Waals surface area contributed by atoms with E-state index in [4.69, 9.17) is 14.2 Å². The first kappa shape index (κ1) is 25.2. The van der Waals surface area contributed by atoms with Crippen LogP contribution < -0.4 is 4.74 Å². The van der Waals surface area contributed by atoms with Gasteiger partial charge in [-0.1, -0.05) is 35.9 Å². The van der Waals surface area contributed by atoms with Gasteiger partial charge in [-0.05, 0) is 31.2 Å². The molecular formula is C27H35N3O5. The molecule has 8 heteroatoms. The smallest absolute Gasteiger partial charge is 0.260 e. The summed E-state index contributed by atoms with van der Waals surface area (Å²) in [5.41, 5.74) is 1.78. The molecule has 0 aliphatic carbocycles. The van der Waals surface area contributed by atoms with E-state index in [0.29, 0.717) is 44.1 Å². The fourth-order valence-corrected chi connectivity index (χ4v) is 4.30. The molecule has 0 N–H and O–H groups in total. The number of aryl methyl sites for hydroxylation is 1. The maximum atomic E-state index is 13.4. The number of carbonyl (C=O) groups excluding carboxylic acids is 2. The van der Waals surface area contributed by atoms with Crippen LogP contribution >= 0.6 is 0 Å². The molecule has 2 aliphatic heterocycles. The number of ether oxygens (including phenoxy) is 3. The Labute approximate surface area is 207 Å². The largest absolute Gasteiger partial charge is 0.484 e. The van der Waals surface area contributed by atoms with Gasteiger partial charge in [0.25, 0.3) is 11.8 Å².